The lowest BCUT2D eigenvalue weighted by Gasteiger charge is -2.14. The van der Waals surface area contributed by atoms with Crippen molar-refractivity contribution in [3.05, 3.63) is 35.3 Å². The van der Waals surface area contributed by atoms with Crippen LogP contribution < -0.4 is 10.9 Å². The Kier molecular flexibility index (Phi) is 3.64. The third-order valence-electron chi connectivity index (χ3n) is 2.81. The molecule has 1 N–H and O–H groups in total. The lowest BCUT2D eigenvalue weighted by atomic mass is 10.3. The van der Waals surface area contributed by atoms with Gasteiger partial charge in [-0.1, -0.05) is 6.58 Å². The molecule has 0 radical (unpaired) electrons. The zero-order valence-electron chi connectivity index (χ0n) is 11.1. The first-order chi connectivity index (χ1) is 9.40. The van der Waals surface area contributed by atoms with Crippen molar-refractivity contribution in [1.82, 2.24) is 24.6 Å². The van der Waals surface area contributed by atoms with Crippen LogP contribution in [0.5, 0.6) is 0 Å². The molecule has 0 aliphatic heterocycles. The Labute approximate surface area is 113 Å². The summed E-state index contributed by atoms with van der Waals surface area (Å²) in [4.78, 5) is 27.4. The minimum atomic E-state index is -1.06. The summed E-state index contributed by atoms with van der Waals surface area (Å²) in [7, 11) is 1.69. The molecule has 1 amide bonds. The van der Waals surface area contributed by atoms with E-state index >= 15 is 0 Å². The molecular formula is C12H14FN5O2. The molecule has 2 aromatic rings. The second-order valence-corrected chi connectivity index (χ2v) is 4.49. The molecule has 2 rings (SSSR count). The Morgan fingerprint density at radius 3 is 2.95 bits per heavy atom. The van der Waals surface area contributed by atoms with E-state index in [1.54, 1.807) is 14.0 Å². The summed E-state index contributed by atoms with van der Waals surface area (Å²) in [6.07, 6.45) is 2.81. The van der Waals surface area contributed by atoms with Crippen molar-refractivity contribution in [2.75, 3.05) is 0 Å². The summed E-state index contributed by atoms with van der Waals surface area (Å²) in [5, 5.41) is 6.74. The quantitative estimate of drug-likeness (QED) is 0.806. The maximum atomic E-state index is 12.6. The van der Waals surface area contributed by atoms with E-state index in [-0.39, 0.29) is 12.1 Å². The summed E-state index contributed by atoms with van der Waals surface area (Å²) in [5.74, 6) is -1.95. The zero-order valence-corrected chi connectivity index (χ0v) is 11.1. The first-order valence-electron chi connectivity index (χ1n) is 5.92. The van der Waals surface area contributed by atoms with Crippen LogP contribution in [-0.2, 0) is 18.4 Å². The predicted molar refractivity (Wildman–Crippen MR) is 70.6 cm³/mol. The number of carbonyl (C=O) groups excluding carboxylic acids is 1. The van der Waals surface area contributed by atoms with Gasteiger partial charge in [-0.05, 0) is 6.92 Å². The Morgan fingerprint density at radius 2 is 2.30 bits per heavy atom. The van der Waals surface area contributed by atoms with Gasteiger partial charge >= 0.3 is 0 Å². The lowest BCUT2D eigenvalue weighted by Crippen LogP contribution is -2.38. The molecule has 1 unspecified atom stereocenters. The van der Waals surface area contributed by atoms with E-state index in [9.17, 15) is 14.0 Å². The van der Waals surface area contributed by atoms with Crippen LogP contribution in [-0.4, -0.2) is 31.3 Å². The number of hydrogen-bond donors (Lipinski definition) is 1. The van der Waals surface area contributed by atoms with Crippen LogP contribution in [0.2, 0.25) is 0 Å². The lowest BCUT2D eigenvalue weighted by molar-refractivity contribution is -0.119. The van der Waals surface area contributed by atoms with Crippen LogP contribution in [0.1, 0.15) is 6.92 Å². The minimum Gasteiger partial charge on any atom is -0.346 e. The van der Waals surface area contributed by atoms with Crippen molar-refractivity contribution in [2.45, 2.75) is 19.5 Å². The maximum Gasteiger partial charge on any atom is 0.279 e. The highest BCUT2D eigenvalue weighted by atomic mass is 19.1. The van der Waals surface area contributed by atoms with Crippen molar-refractivity contribution < 1.29 is 9.18 Å². The Bertz CT molecular complexity index is 733. The number of carbonyl (C=O) groups is 1. The molecule has 0 aliphatic rings. The molecule has 8 heteroatoms. The van der Waals surface area contributed by atoms with Gasteiger partial charge in [-0.3, -0.25) is 18.8 Å². The fourth-order valence-electron chi connectivity index (χ4n) is 1.84. The third kappa shape index (κ3) is 2.58. The topological polar surface area (TPSA) is 81.8 Å². The Hall–Kier alpha value is -2.51. The van der Waals surface area contributed by atoms with Gasteiger partial charge in [-0.15, -0.1) is 0 Å². The molecule has 0 saturated carbocycles. The van der Waals surface area contributed by atoms with Crippen LogP contribution >= 0.6 is 0 Å². The number of aromatic nitrogens is 4. The van der Waals surface area contributed by atoms with Gasteiger partial charge in [0.05, 0.1) is 6.20 Å². The van der Waals surface area contributed by atoms with E-state index < -0.39 is 17.8 Å². The summed E-state index contributed by atoms with van der Waals surface area (Å²) < 4.78 is 15.4. The number of rotatable bonds is 4. The first kappa shape index (κ1) is 13.9. The summed E-state index contributed by atoms with van der Waals surface area (Å²) in [6.45, 7) is 4.74. The highest BCUT2D eigenvalue weighted by Gasteiger charge is 2.13. The molecule has 0 aliphatic carbocycles. The average molecular weight is 279 g/mol. The van der Waals surface area contributed by atoms with Crippen molar-refractivity contribution >= 4 is 16.9 Å². The fourth-order valence-corrected chi connectivity index (χ4v) is 1.84. The molecule has 0 fully saturated rings. The molecule has 0 spiro atoms. The maximum absolute atomic E-state index is 12.6. The van der Waals surface area contributed by atoms with Crippen LogP contribution in [0, 0.1) is 0 Å². The van der Waals surface area contributed by atoms with E-state index in [0.29, 0.717) is 11.0 Å². The Balaban J connectivity index is 2.22. The van der Waals surface area contributed by atoms with Crippen LogP contribution in [0.4, 0.5) is 4.39 Å². The molecule has 106 valence electrons. The second kappa shape index (κ2) is 5.24. The average Bonchev–Trinajstić information content (AvgIpc) is 2.75. The number of amides is 1. The van der Waals surface area contributed by atoms with Crippen molar-refractivity contribution in [2.24, 2.45) is 7.05 Å². The number of aryl methyl sites for hydroxylation is 1. The molecule has 20 heavy (non-hydrogen) atoms. The smallest absolute Gasteiger partial charge is 0.279 e. The standard InChI is InChI=1S/C12H14FN5O2/c1-7(16-11(19)8(2)13)5-18-6-14-10-9(12(18)20)4-15-17(10)3/h4,6-7H,2,5H2,1,3H3,(H,16,19). The zero-order chi connectivity index (χ0) is 14.9. The van der Waals surface area contributed by atoms with Gasteiger partial charge in [0.25, 0.3) is 11.5 Å². The number of fused-ring (bicyclic) bond motifs is 1. The monoisotopic (exact) mass is 279 g/mol. The number of hydrogen-bond acceptors (Lipinski definition) is 4. The van der Waals surface area contributed by atoms with Gasteiger partial charge < -0.3 is 5.32 Å². The van der Waals surface area contributed by atoms with Gasteiger partial charge in [0.1, 0.15) is 11.7 Å². The molecule has 1 atom stereocenters. The summed E-state index contributed by atoms with van der Waals surface area (Å²) in [5.41, 5.74) is 0.225. The molecular weight excluding hydrogens is 265 g/mol. The highest BCUT2D eigenvalue weighted by Crippen LogP contribution is 2.03. The summed E-state index contributed by atoms with van der Waals surface area (Å²) >= 11 is 0. The second-order valence-electron chi connectivity index (χ2n) is 4.49. The van der Waals surface area contributed by atoms with E-state index in [2.05, 4.69) is 22.0 Å². The predicted octanol–water partition coefficient (Wildman–Crippen LogP) is 0.118. The first-order valence-corrected chi connectivity index (χ1v) is 5.92. The Morgan fingerprint density at radius 1 is 1.60 bits per heavy atom. The van der Waals surface area contributed by atoms with Crippen LogP contribution in [0.15, 0.2) is 29.7 Å². The van der Waals surface area contributed by atoms with E-state index in [0.717, 1.165) is 0 Å². The normalized spacial score (nSPS) is 12.3. The molecule has 0 aromatic carbocycles. The molecule has 0 saturated heterocycles. The summed E-state index contributed by atoms with van der Waals surface area (Å²) in [6, 6.07) is -0.441. The number of nitrogens with zero attached hydrogens (tertiary/aromatic N) is 4. The van der Waals surface area contributed by atoms with Crippen LogP contribution in [0.25, 0.3) is 11.0 Å². The number of nitrogens with one attached hydrogen (secondary N) is 1. The highest BCUT2D eigenvalue weighted by molar-refractivity contribution is 5.90. The minimum absolute atomic E-state index is 0.176. The van der Waals surface area contributed by atoms with Gasteiger partial charge in [-0.2, -0.15) is 5.10 Å². The van der Waals surface area contributed by atoms with Gasteiger partial charge in [0.2, 0.25) is 0 Å². The van der Waals surface area contributed by atoms with Gasteiger partial charge in [-0.25, -0.2) is 9.37 Å². The van der Waals surface area contributed by atoms with Gasteiger partial charge in [0.15, 0.2) is 11.5 Å². The SMILES string of the molecule is C=C(F)C(=O)NC(C)Cn1cnc2c(cnn2C)c1=O. The van der Waals surface area contributed by atoms with Crippen molar-refractivity contribution in [3.8, 4) is 0 Å². The van der Waals surface area contributed by atoms with E-state index in [4.69, 9.17) is 0 Å². The van der Waals surface area contributed by atoms with Crippen molar-refractivity contribution in [3.63, 3.8) is 0 Å². The van der Waals surface area contributed by atoms with E-state index in [1.165, 1.54) is 21.8 Å². The molecule has 0 bridgehead atoms. The molecule has 2 aromatic heterocycles. The van der Waals surface area contributed by atoms with Crippen LogP contribution in [0.3, 0.4) is 0 Å². The fraction of sp³-hybridized carbons (Fsp3) is 0.333. The molecule has 7 nitrogen and oxygen atoms in total. The van der Waals surface area contributed by atoms with Gasteiger partial charge in [0, 0.05) is 19.6 Å². The van der Waals surface area contributed by atoms with Crippen molar-refractivity contribution in [1.29, 1.82) is 0 Å². The molecule has 2 heterocycles. The van der Waals surface area contributed by atoms with E-state index in [1.807, 2.05) is 0 Å². The largest absolute Gasteiger partial charge is 0.346 e. The number of halogens is 1. The third-order valence-corrected chi connectivity index (χ3v) is 2.81.